The predicted octanol–water partition coefficient (Wildman–Crippen LogP) is 5.92. The largest absolute Gasteiger partial charge is 0.300 e. The number of rotatable bonds is 1. The SMILES string of the molecule is c1ccc(-c2cc3c(nc4ccccn43)c3sc4ccccc4c23)nc1. The maximum absolute atomic E-state index is 4.93. The molecule has 0 amide bonds. The van der Waals surface area contributed by atoms with E-state index in [1.54, 1.807) is 0 Å². The molecule has 0 aliphatic carbocycles. The molecule has 0 bridgehead atoms. The molecule has 6 rings (SSSR count). The Morgan fingerprint density at radius 1 is 0.885 bits per heavy atom. The summed E-state index contributed by atoms with van der Waals surface area (Å²) in [5.41, 5.74) is 5.32. The topological polar surface area (TPSA) is 30.2 Å². The lowest BCUT2D eigenvalue weighted by atomic mass is 10.0. The number of hydrogen-bond acceptors (Lipinski definition) is 3. The van der Waals surface area contributed by atoms with E-state index in [9.17, 15) is 0 Å². The number of thiophene rings is 1. The number of hydrogen-bond donors (Lipinski definition) is 0. The van der Waals surface area contributed by atoms with Crippen LogP contribution in [0.3, 0.4) is 0 Å². The molecule has 4 heteroatoms. The Labute approximate surface area is 153 Å². The van der Waals surface area contributed by atoms with Crippen molar-refractivity contribution in [3.8, 4) is 11.3 Å². The van der Waals surface area contributed by atoms with Crippen LogP contribution in [-0.4, -0.2) is 14.4 Å². The first-order valence-electron chi connectivity index (χ1n) is 8.52. The monoisotopic (exact) mass is 351 g/mol. The standard InChI is InChI=1S/C22H13N3S/c1-2-9-18-14(7-1)20-15(16-8-3-5-11-23-16)13-17-21(22(20)26-18)24-19-10-4-6-12-25(17)19/h1-13H. The fourth-order valence-corrected chi connectivity index (χ4v) is 4.95. The van der Waals surface area contributed by atoms with Crippen molar-refractivity contribution in [3.63, 3.8) is 0 Å². The molecule has 6 aromatic rings. The average Bonchev–Trinajstić information content (AvgIpc) is 3.27. The van der Waals surface area contributed by atoms with E-state index < -0.39 is 0 Å². The number of imidazole rings is 1. The van der Waals surface area contributed by atoms with Crippen molar-refractivity contribution in [2.45, 2.75) is 0 Å². The van der Waals surface area contributed by atoms with Crippen LogP contribution >= 0.6 is 11.3 Å². The van der Waals surface area contributed by atoms with Gasteiger partial charge in [0.1, 0.15) is 11.2 Å². The second kappa shape index (κ2) is 5.13. The second-order valence-electron chi connectivity index (χ2n) is 6.35. The molecule has 0 unspecified atom stereocenters. The highest BCUT2D eigenvalue weighted by molar-refractivity contribution is 7.26. The molecule has 2 aromatic carbocycles. The number of aromatic nitrogens is 3. The van der Waals surface area contributed by atoms with E-state index in [-0.39, 0.29) is 0 Å². The average molecular weight is 351 g/mol. The molecule has 0 aliphatic heterocycles. The molecule has 3 nitrogen and oxygen atoms in total. The third kappa shape index (κ3) is 1.82. The van der Waals surface area contributed by atoms with Crippen LogP contribution in [0.15, 0.2) is 79.1 Å². The Hall–Kier alpha value is -3.24. The minimum Gasteiger partial charge on any atom is -0.300 e. The molecule has 0 saturated carbocycles. The van der Waals surface area contributed by atoms with Gasteiger partial charge in [0, 0.05) is 33.4 Å². The Morgan fingerprint density at radius 2 is 1.77 bits per heavy atom. The summed E-state index contributed by atoms with van der Waals surface area (Å²) in [5, 5.41) is 2.52. The molecule has 0 aliphatic rings. The third-order valence-electron chi connectivity index (χ3n) is 4.87. The van der Waals surface area contributed by atoms with Crippen molar-refractivity contribution >= 4 is 48.2 Å². The summed E-state index contributed by atoms with van der Waals surface area (Å²) in [4.78, 5) is 9.56. The first-order chi connectivity index (χ1) is 12.9. The van der Waals surface area contributed by atoms with E-state index in [2.05, 4.69) is 58.0 Å². The highest BCUT2D eigenvalue weighted by atomic mass is 32.1. The first-order valence-corrected chi connectivity index (χ1v) is 9.34. The molecule has 0 N–H and O–H groups in total. The molecule has 26 heavy (non-hydrogen) atoms. The number of benzene rings is 2. The van der Waals surface area contributed by atoms with E-state index in [1.807, 2.05) is 41.8 Å². The van der Waals surface area contributed by atoms with Gasteiger partial charge in [-0.05, 0) is 36.4 Å². The highest BCUT2D eigenvalue weighted by Gasteiger charge is 2.18. The van der Waals surface area contributed by atoms with Gasteiger partial charge in [-0.15, -0.1) is 11.3 Å². The summed E-state index contributed by atoms with van der Waals surface area (Å²) in [6, 6.07) is 23.0. The van der Waals surface area contributed by atoms with Crippen LogP contribution in [0.4, 0.5) is 0 Å². The quantitative estimate of drug-likeness (QED) is 0.368. The smallest absolute Gasteiger partial charge is 0.137 e. The number of pyridine rings is 2. The molecular formula is C22H13N3S. The highest BCUT2D eigenvalue weighted by Crippen LogP contribution is 2.43. The number of nitrogens with zero attached hydrogens (tertiary/aromatic N) is 3. The van der Waals surface area contributed by atoms with Crippen molar-refractivity contribution in [3.05, 3.63) is 79.1 Å². The van der Waals surface area contributed by atoms with Crippen LogP contribution in [-0.2, 0) is 0 Å². The van der Waals surface area contributed by atoms with Gasteiger partial charge in [-0.3, -0.25) is 9.38 Å². The summed E-state index contributed by atoms with van der Waals surface area (Å²) in [7, 11) is 0. The lowest BCUT2D eigenvalue weighted by Crippen LogP contribution is -1.86. The molecule has 4 aromatic heterocycles. The van der Waals surface area contributed by atoms with Gasteiger partial charge in [0.25, 0.3) is 0 Å². The van der Waals surface area contributed by atoms with Gasteiger partial charge < -0.3 is 0 Å². The molecule has 4 heterocycles. The molecule has 122 valence electrons. The fourth-order valence-electron chi connectivity index (χ4n) is 3.73. The normalized spacial score (nSPS) is 11.8. The van der Waals surface area contributed by atoms with Gasteiger partial charge in [-0.25, -0.2) is 4.98 Å². The zero-order valence-corrected chi connectivity index (χ0v) is 14.6. The van der Waals surface area contributed by atoms with Crippen LogP contribution in [0.1, 0.15) is 0 Å². The van der Waals surface area contributed by atoms with Crippen molar-refractivity contribution in [1.29, 1.82) is 0 Å². The zero-order chi connectivity index (χ0) is 17.1. The van der Waals surface area contributed by atoms with Crippen LogP contribution in [0.25, 0.3) is 48.1 Å². The van der Waals surface area contributed by atoms with Crippen LogP contribution in [0.5, 0.6) is 0 Å². The summed E-state index contributed by atoms with van der Waals surface area (Å²) < 4.78 is 4.67. The maximum Gasteiger partial charge on any atom is 0.137 e. The summed E-state index contributed by atoms with van der Waals surface area (Å²) in [6.07, 6.45) is 3.93. The van der Waals surface area contributed by atoms with E-state index in [4.69, 9.17) is 4.98 Å². The molecule has 0 fully saturated rings. The van der Waals surface area contributed by atoms with Gasteiger partial charge in [-0.1, -0.05) is 30.3 Å². The summed E-state index contributed by atoms with van der Waals surface area (Å²) in [5.74, 6) is 0. The Balaban J connectivity index is 1.91. The Bertz CT molecular complexity index is 1430. The second-order valence-corrected chi connectivity index (χ2v) is 7.40. The molecule has 0 spiro atoms. The van der Waals surface area contributed by atoms with Crippen molar-refractivity contribution in [2.24, 2.45) is 0 Å². The summed E-state index contributed by atoms with van der Waals surface area (Å²) >= 11 is 1.81. The van der Waals surface area contributed by atoms with E-state index in [0.29, 0.717) is 0 Å². The Morgan fingerprint density at radius 3 is 2.69 bits per heavy atom. The van der Waals surface area contributed by atoms with Gasteiger partial charge in [0.2, 0.25) is 0 Å². The minimum atomic E-state index is 0.972. The lowest BCUT2D eigenvalue weighted by molar-refractivity contribution is 1.23. The fraction of sp³-hybridized carbons (Fsp3) is 0. The van der Waals surface area contributed by atoms with Gasteiger partial charge in [0.15, 0.2) is 0 Å². The maximum atomic E-state index is 4.93. The van der Waals surface area contributed by atoms with Crippen LogP contribution in [0, 0.1) is 0 Å². The van der Waals surface area contributed by atoms with Crippen molar-refractivity contribution < 1.29 is 0 Å². The van der Waals surface area contributed by atoms with Gasteiger partial charge in [-0.2, -0.15) is 0 Å². The number of fused-ring (bicyclic) bond motifs is 7. The van der Waals surface area contributed by atoms with Crippen LogP contribution < -0.4 is 0 Å². The van der Waals surface area contributed by atoms with E-state index in [1.165, 1.54) is 20.2 Å². The third-order valence-corrected chi connectivity index (χ3v) is 6.05. The van der Waals surface area contributed by atoms with E-state index >= 15 is 0 Å². The van der Waals surface area contributed by atoms with Crippen molar-refractivity contribution in [1.82, 2.24) is 14.4 Å². The Kier molecular flexibility index (Phi) is 2.76. The van der Waals surface area contributed by atoms with Crippen molar-refractivity contribution in [2.75, 3.05) is 0 Å². The predicted molar refractivity (Wildman–Crippen MR) is 109 cm³/mol. The first kappa shape index (κ1) is 14.0. The lowest BCUT2D eigenvalue weighted by Gasteiger charge is -2.05. The molecular weight excluding hydrogens is 338 g/mol. The molecule has 0 saturated heterocycles. The molecule has 0 atom stereocenters. The van der Waals surface area contributed by atoms with Gasteiger partial charge in [0.05, 0.1) is 15.9 Å². The summed E-state index contributed by atoms with van der Waals surface area (Å²) in [6.45, 7) is 0. The molecule has 0 radical (unpaired) electrons. The minimum absolute atomic E-state index is 0.972. The van der Waals surface area contributed by atoms with Gasteiger partial charge >= 0.3 is 0 Å². The van der Waals surface area contributed by atoms with E-state index in [0.717, 1.165) is 27.9 Å². The van der Waals surface area contributed by atoms with Crippen LogP contribution in [0.2, 0.25) is 0 Å². The zero-order valence-electron chi connectivity index (χ0n) is 13.8.